The minimum Gasteiger partial charge on any atom is -0.475 e. The number of piperidine rings is 2. The van der Waals surface area contributed by atoms with Crippen molar-refractivity contribution in [1.82, 2.24) is 19.8 Å². The molecule has 2 aliphatic rings. The van der Waals surface area contributed by atoms with Crippen LogP contribution in [0.25, 0.3) is 0 Å². The number of hydrogen-bond acceptors (Lipinski definition) is 7. The SMILES string of the molecule is CCC[C@H]1N(C(=O)c2cnccc2C(F)(F)F)CCC[C@@]1(Oc1ccc(C(F)(F)F)cc1)C(=O)N1CCC(Oc2ccc(CN)cn2)CC1. The molecule has 0 spiro atoms. The van der Waals surface area contributed by atoms with Gasteiger partial charge in [0.05, 0.1) is 22.7 Å². The van der Waals surface area contributed by atoms with Crippen LogP contribution in [-0.2, 0) is 23.7 Å². The third kappa shape index (κ3) is 7.92. The molecule has 0 radical (unpaired) electrons. The van der Waals surface area contributed by atoms with E-state index in [-0.39, 0.29) is 50.8 Å². The Balaban J connectivity index is 1.47. The average Bonchev–Trinajstić information content (AvgIpc) is 3.08. The molecule has 0 bridgehead atoms. The van der Waals surface area contributed by atoms with Gasteiger partial charge in [0.15, 0.2) is 0 Å². The van der Waals surface area contributed by atoms with Gasteiger partial charge in [-0.25, -0.2) is 4.98 Å². The highest BCUT2D eigenvalue weighted by molar-refractivity contribution is 5.97. The van der Waals surface area contributed by atoms with Gasteiger partial charge in [0.25, 0.3) is 11.8 Å². The van der Waals surface area contributed by atoms with Crippen LogP contribution in [0.15, 0.2) is 61.1 Å². The highest BCUT2D eigenvalue weighted by Gasteiger charge is 2.56. The Bertz CT molecular complexity index is 1590. The summed E-state index contributed by atoms with van der Waals surface area (Å²) < 4.78 is 94.4. The number of halogens is 6. The summed E-state index contributed by atoms with van der Waals surface area (Å²) in [6, 6.07) is 7.05. The van der Waals surface area contributed by atoms with E-state index in [0.29, 0.717) is 31.7 Å². The van der Waals surface area contributed by atoms with E-state index < -0.39 is 52.5 Å². The van der Waals surface area contributed by atoms with Gasteiger partial charge in [-0.3, -0.25) is 14.6 Å². The summed E-state index contributed by atoms with van der Waals surface area (Å²) in [5.74, 6) is -1.11. The number of ether oxygens (including phenoxy) is 2. The third-order valence-corrected chi connectivity index (χ3v) is 8.94. The van der Waals surface area contributed by atoms with Crippen LogP contribution in [0.2, 0.25) is 0 Å². The number of carbonyl (C=O) groups is 2. The summed E-state index contributed by atoms with van der Waals surface area (Å²) in [6.45, 7) is 2.63. The number of nitrogens with two attached hydrogens (primary N) is 1. The minimum atomic E-state index is -4.85. The maximum atomic E-state index is 14.7. The van der Waals surface area contributed by atoms with E-state index in [1.54, 1.807) is 30.2 Å². The molecule has 2 saturated heterocycles. The second-order valence-electron chi connectivity index (χ2n) is 12.2. The lowest BCUT2D eigenvalue weighted by atomic mass is 9.79. The molecule has 1 aromatic carbocycles. The predicted molar refractivity (Wildman–Crippen MR) is 165 cm³/mol. The first-order valence-electron chi connectivity index (χ1n) is 16.1. The molecule has 3 aromatic rings. The summed E-state index contributed by atoms with van der Waals surface area (Å²) in [6.07, 6.45) is -4.61. The van der Waals surface area contributed by atoms with Crippen LogP contribution in [0.4, 0.5) is 26.3 Å². The van der Waals surface area contributed by atoms with Crippen LogP contribution in [0, 0.1) is 0 Å². The number of benzene rings is 1. The maximum Gasteiger partial charge on any atom is 0.417 e. The summed E-state index contributed by atoms with van der Waals surface area (Å²) >= 11 is 0. The molecular formula is C34H37F6N5O4. The van der Waals surface area contributed by atoms with Gasteiger partial charge in [0.2, 0.25) is 11.5 Å². The second kappa shape index (κ2) is 14.6. The Labute approximate surface area is 279 Å². The molecule has 2 fully saturated rings. The number of aromatic nitrogens is 2. The van der Waals surface area contributed by atoms with Gasteiger partial charge in [-0.15, -0.1) is 0 Å². The average molecular weight is 694 g/mol. The van der Waals surface area contributed by atoms with Crippen LogP contribution in [0.5, 0.6) is 11.6 Å². The van der Waals surface area contributed by atoms with Gasteiger partial charge < -0.3 is 25.0 Å². The van der Waals surface area contributed by atoms with Crippen molar-refractivity contribution in [2.75, 3.05) is 19.6 Å². The standard InChI is InChI=1S/C34H37F6N5O4/c1-2-4-28-32(49-25-8-6-23(7-9-25)33(35,36)37,14-3-16-45(28)30(46)26-21-42-15-11-27(26)34(38,39)40)31(47)44-17-12-24(13-18-44)48-29-10-5-22(19-41)20-43-29/h5-11,15,20-21,24,28H,2-4,12-14,16-19,41H2,1H3/t28-,32+/m1/s1. The fourth-order valence-electron chi connectivity index (χ4n) is 6.51. The Morgan fingerprint density at radius 2 is 1.67 bits per heavy atom. The Kier molecular flexibility index (Phi) is 10.7. The first kappa shape index (κ1) is 35.9. The smallest absolute Gasteiger partial charge is 0.417 e. The minimum absolute atomic E-state index is 0.0347. The predicted octanol–water partition coefficient (Wildman–Crippen LogP) is 6.27. The normalized spacial score (nSPS) is 20.6. The molecule has 2 atom stereocenters. The van der Waals surface area contributed by atoms with E-state index in [1.165, 1.54) is 4.90 Å². The lowest BCUT2D eigenvalue weighted by Crippen LogP contribution is -2.68. The molecule has 2 amide bonds. The van der Waals surface area contributed by atoms with Crippen molar-refractivity contribution >= 4 is 11.8 Å². The zero-order valence-corrected chi connectivity index (χ0v) is 26.8. The Morgan fingerprint density at radius 1 is 0.959 bits per heavy atom. The van der Waals surface area contributed by atoms with Gasteiger partial charge in [-0.2, -0.15) is 26.3 Å². The van der Waals surface area contributed by atoms with Crippen LogP contribution in [0.1, 0.15) is 72.5 Å². The van der Waals surface area contributed by atoms with Gasteiger partial charge in [-0.05, 0) is 48.7 Å². The molecule has 5 rings (SSSR count). The lowest BCUT2D eigenvalue weighted by molar-refractivity contribution is -0.161. The molecule has 264 valence electrons. The Morgan fingerprint density at radius 3 is 2.27 bits per heavy atom. The molecule has 2 aromatic heterocycles. The lowest BCUT2D eigenvalue weighted by Gasteiger charge is -2.50. The van der Waals surface area contributed by atoms with Crippen molar-refractivity contribution < 1.29 is 45.4 Å². The van der Waals surface area contributed by atoms with Crippen LogP contribution < -0.4 is 15.2 Å². The van der Waals surface area contributed by atoms with Crippen molar-refractivity contribution in [2.45, 2.75) is 82.1 Å². The van der Waals surface area contributed by atoms with Crippen molar-refractivity contribution in [3.05, 3.63) is 83.3 Å². The first-order valence-corrected chi connectivity index (χ1v) is 16.1. The number of pyridine rings is 2. The molecule has 2 N–H and O–H groups in total. The fraction of sp³-hybridized carbons (Fsp3) is 0.471. The molecule has 0 aliphatic carbocycles. The highest BCUT2D eigenvalue weighted by Crippen LogP contribution is 2.41. The first-order chi connectivity index (χ1) is 23.3. The molecule has 0 saturated carbocycles. The number of carbonyl (C=O) groups excluding carboxylic acids is 2. The van der Waals surface area contributed by atoms with E-state index in [9.17, 15) is 35.9 Å². The van der Waals surface area contributed by atoms with Crippen LogP contribution >= 0.6 is 0 Å². The summed E-state index contributed by atoms with van der Waals surface area (Å²) in [7, 11) is 0. The number of amides is 2. The van der Waals surface area contributed by atoms with E-state index >= 15 is 0 Å². The molecular weight excluding hydrogens is 656 g/mol. The molecule has 0 unspecified atom stereocenters. The summed E-state index contributed by atoms with van der Waals surface area (Å²) in [5, 5.41) is 0. The molecule has 4 heterocycles. The summed E-state index contributed by atoms with van der Waals surface area (Å²) in [5.41, 5.74) is 1.92. The summed E-state index contributed by atoms with van der Waals surface area (Å²) in [4.78, 5) is 39.5. The van der Waals surface area contributed by atoms with Crippen molar-refractivity contribution in [3.8, 4) is 11.6 Å². The molecule has 9 nitrogen and oxygen atoms in total. The van der Waals surface area contributed by atoms with Crippen molar-refractivity contribution in [2.24, 2.45) is 5.73 Å². The maximum absolute atomic E-state index is 14.7. The monoisotopic (exact) mass is 693 g/mol. The van der Waals surface area contributed by atoms with E-state index in [4.69, 9.17) is 15.2 Å². The van der Waals surface area contributed by atoms with Gasteiger partial charge >= 0.3 is 12.4 Å². The number of hydrogen-bond donors (Lipinski definition) is 1. The number of alkyl halides is 6. The number of likely N-dealkylation sites (tertiary alicyclic amines) is 2. The molecule has 15 heteroatoms. The molecule has 49 heavy (non-hydrogen) atoms. The zero-order chi connectivity index (χ0) is 35.4. The van der Waals surface area contributed by atoms with Gasteiger partial charge in [0, 0.05) is 70.1 Å². The topological polar surface area (TPSA) is 111 Å². The zero-order valence-electron chi connectivity index (χ0n) is 26.8. The van der Waals surface area contributed by atoms with Crippen molar-refractivity contribution in [1.29, 1.82) is 0 Å². The third-order valence-electron chi connectivity index (χ3n) is 8.94. The fourth-order valence-corrected chi connectivity index (χ4v) is 6.51. The van der Waals surface area contributed by atoms with E-state index in [1.807, 2.05) is 0 Å². The number of rotatable bonds is 9. The van der Waals surface area contributed by atoms with E-state index in [2.05, 4.69) is 9.97 Å². The quantitative estimate of drug-likeness (QED) is 0.263. The van der Waals surface area contributed by atoms with Gasteiger partial charge in [-0.1, -0.05) is 19.4 Å². The Hall–Kier alpha value is -4.40. The largest absolute Gasteiger partial charge is 0.475 e. The molecule has 2 aliphatic heterocycles. The van der Waals surface area contributed by atoms with E-state index in [0.717, 1.165) is 48.3 Å². The van der Waals surface area contributed by atoms with Crippen LogP contribution in [0.3, 0.4) is 0 Å². The second-order valence-corrected chi connectivity index (χ2v) is 12.2. The van der Waals surface area contributed by atoms with Gasteiger partial charge in [0.1, 0.15) is 11.9 Å². The van der Waals surface area contributed by atoms with Crippen LogP contribution in [-0.4, -0.2) is 69.0 Å². The highest BCUT2D eigenvalue weighted by atomic mass is 19.4. The van der Waals surface area contributed by atoms with Crippen molar-refractivity contribution in [3.63, 3.8) is 0 Å². The number of nitrogens with zero attached hydrogens (tertiary/aromatic N) is 4.